The van der Waals surface area contributed by atoms with Gasteiger partial charge in [-0.05, 0) is 129 Å². The third kappa shape index (κ3) is 7.47. The Hall–Kier alpha value is -8.90. The fraction of sp³-hybridized carbons (Fsp3) is 0.107. The summed E-state index contributed by atoms with van der Waals surface area (Å²) in [7, 11) is 0. The number of phenolic OH excluding ortho intramolecular Hbond substituents is 9. The zero-order valence-electron chi connectivity index (χ0n) is 35.8. The van der Waals surface area contributed by atoms with Gasteiger partial charge >= 0.3 is 0 Å². The molecule has 68 heavy (non-hydrogen) atoms. The van der Waals surface area contributed by atoms with Crippen LogP contribution >= 0.6 is 0 Å². The second kappa shape index (κ2) is 16.2. The Labute approximate surface area is 389 Å². The molecule has 6 atom stereocenters. The summed E-state index contributed by atoms with van der Waals surface area (Å²) in [5, 5.41) is 96.0. The number of hydrogen-bond acceptors (Lipinski definition) is 12. The first-order chi connectivity index (χ1) is 32.8. The van der Waals surface area contributed by atoms with Gasteiger partial charge in [-0.15, -0.1) is 0 Å². The van der Waals surface area contributed by atoms with Crippen LogP contribution in [0.4, 0.5) is 0 Å². The predicted octanol–water partition coefficient (Wildman–Crippen LogP) is 11.0. The van der Waals surface area contributed by atoms with Gasteiger partial charge in [0.1, 0.15) is 87.3 Å². The van der Waals surface area contributed by atoms with E-state index in [1.54, 1.807) is 109 Å². The standard InChI is InChI=1S/C56H42O12/c57-35-10-4-29(5-11-35)54-50(33-19-38(60)23-39(61)20-33)49-32(18-42(64)26-47(49)67-54)3-1-28-2-16-46-44(17-28)52(56(66-46)31-8-14-37(59)15-9-31)45-25-43(65)27-48-53(45)51(34-21-40(62)24-41(63)22-34)55(68-48)30-6-12-36(58)13-7-30/h1-27,50-52,54-65H/b3-1+/t50-,51-,52+,54+,55+,56-/m0/s1. The lowest BCUT2D eigenvalue weighted by Gasteiger charge is -2.26. The van der Waals surface area contributed by atoms with E-state index in [0.29, 0.717) is 56.2 Å². The van der Waals surface area contributed by atoms with Gasteiger partial charge in [0.25, 0.3) is 0 Å². The van der Waals surface area contributed by atoms with Crippen LogP contribution in [0, 0.1) is 0 Å². The molecule has 11 rings (SSSR count). The summed E-state index contributed by atoms with van der Waals surface area (Å²) in [6.07, 6.45) is 1.69. The fourth-order valence-corrected chi connectivity index (χ4v) is 10.2. The number of phenols is 9. The van der Waals surface area contributed by atoms with E-state index >= 15 is 0 Å². The largest absolute Gasteiger partial charge is 0.508 e. The summed E-state index contributed by atoms with van der Waals surface area (Å²) in [5.41, 5.74) is 7.38. The summed E-state index contributed by atoms with van der Waals surface area (Å²) >= 11 is 0. The Bertz CT molecular complexity index is 3250. The molecule has 0 radical (unpaired) electrons. The predicted molar refractivity (Wildman–Crippen MR) is 251 cm³/mol. The van der Waals surface area contributed by atoms with Crippen LogP contribution in [0.15, 0.2) is 152 Å². The van der Waals surface area contributed by atoms with Gasteiger partial charge in [-0.25, -0.2) is 0 Å². The highest BCUT2D eigenvalue weighted by molar-refractivity contribution is 5.76. The molecule has 8 aromatic rings. The number of fused-ring (bicyclic) bond motifs is 3. The van der Waals surface area contributed by atoms with Gasteiger partial charge in [0, 0.05) is 41.0 Å². The number of ether oxygens (including phenoxy) is 3. The van der Waals surface area contributed by atoms with E-state index in [0.717, 1.165) is 22.3 Å². The van der Waals surface area contributed by atoms with Crippen LogP contribution in [0.25, 0.3) is 12.2 Å². The minimum atomic E-state index is -0.718. The Morgan fingerprint density at radius 2 is 0.706 bits per heavy atom. The first-order valence-corrected chi connectivity index (χ1v) is 21.8. The van der Waals surface area contributed by atoms with Crippen molar-refractivity contribution in [3.63, 3.8) is 0 Å². The molecule has 3 aliphatic heterocycles. The monoisotopic (exact) mass is 906 g/mol. The minimum Gasteiger partial charge on any atom is -0.508 e. The molecule has 3 heterocycles. The number of rotatable bonds is 8. The molecule has 0 unspecified atom stereocenters. The molecule has 0 aromatic heterocycles. The smallest absolute Gasteiger partial charge is 0.135 e. The molecule has 9 N–H and O–H groups in total. The zero-order valence-corrected chi connectivity index (χ0v) is 35.8. The van der Waals surface area contributed by atoms with Crippen molar-refractivity contribution in [3.05, 3.63) is 213 Å². The highest BCUT2D eigenvalue weighted by Gasteiger charge is 2.46. The van der Waals surface area contributed by atoms with E-state index in [-0.39, 0.29) is 51.7 Å². The number of hydrogen-bond donors (Lipinski definition) is 9. The maximum absolute atomic E-state index is 11.5. The SMILES string of the molecule is Oc1ccc([C@H]2Oc3cc(O)cc(/C=C/c4ccc5c(c4)[C@H](c4cc(O)cc6c4[C@H](c4cc(O)cc(O)c4)[C@@H](c4ccc(O)cc4)O6)[C@H](c4ccc(O)cc4)O5)c3[C@@H]2c2cc(O)cc(O)c2)cc1. The fourth-order valence-electron chi connectivity index (χ4n) is 10.2. The average molecular weight is 907 g/mol. The highest BCUT2D eigenvalue weighted by Crippen LogP contribution is 2.59. The van der Waals surface area contributed by atoms with Gasteiger partial charge in [0.15, 0.2) is 0 Å². The third-order valence-electron chi connectivity index (χ3n) is 13.0. The Kier molecular flexibility index (Phi) is 9.96. The van der Waals surface area contributed by atoms with Crippen LogP contribution < -0.4 is 14.2 Å². The van der Waals surface area contributed by atoms with Crippen molar-refractivity contribution in [2.24, 2.45) is 0 Å². The van der Waals surface area contributed by atoms with E-state index in [1.165, 1.54) is 24.3 Å². The Morgan fingerprint density at radius 1 is 0.294 bits per heavy atom. The lowest BCUT2D eigenvalue weighted by molar-refractivity contribution is 0.220. The Balaban J connectivity index is 1.05. The van der Waals surface area contributed by atoms with Crippen molar-refractivity contribution >= 4 is 12.2 Å². The quantitative estimate of drug-likeness (QED) is 0.0652. The maximum atomic E-state index is 11.5. The number of aromatic hydroxyl groups is 9. The van der Waals surface area contributed by atoms with Gasteiger partial charge in [-0.2, -0.15) is 0 Å². The molecule has 0 spiro atoms. The molecule has 0 amide bonds. The summed E-state index contributed by atoms with van der Waals surface area (Å²) in [6.45, 7) is 0. The van der Waals surface area contributed by atoms with Crippen LogP contribution in [-0.2, 0) is 0 Å². The van der Waals surface area contributed by atoms with E-state index in [2.05, 4.69) is 0 Å². The second-order valence-corrected chi connectivity index (χ2v) is 17.4. The molecule has 0 aliphatic carbocycles. The maximum Gasteiger partial charge on any atom is 0.135 e. The summed E-state index contributed by atoms with van der Waals surface area (Å²) in [5.74, 6) is -0.981. The van der Waals surface area contributed by atoms with Crippen LogP contribution in [0.3, 0.4) is 0 Å². The van der Waals surface area contributed by atoms with Gasteiger partial charge in [0.05, 0.1) is 17.8 Å². The van der Waals surface area contributed by atoms with Crippen LogP contribution in [0.1, 0.15) is 97.3 Å². The van der Waals surface area contributed by atoms with E-state index in [4.69, 9.17) is 14.2 Å². The minimum absolute atomic E-state index is 0.0494. The lowest BCUT2D eigenvalue weighted by Crippen LogP contribution is -2.16. The molecule has 0 saturated heterocycles. The van der Waals surface area contributed by atoms with Crippen molar-refractivity contribution in [1.29, 1.82) is 0 Å². The third-order valence-corrected chi connectivity index (χ3v) is 13.0. The molecule has 12 heteroatoms. The Morgan fingerprint density at radius 3 is 1.21 bits per heavy atom. The highest BCUT2D eigenvalue weighted by atomic mass is 16.5. The van der Waals surface area contributed by atoms with Crippen molar-refractivity contribution in [2.45, 2.75) is 36.1 Å². The van der Waals surface area contributed by atoms with Crippen molar-refractivity contribution in [1.82, 2.24) is 0 Å². The summed E-state index contributed by atoms with van der Waals surface area (Å²) in [4.78, 5) is 0. The molecular weight excluding hydrogens is 865 g/mol. The molecular formula is C56H42O12. The van der Waals surface area contributed by atoms with Crippen LogP contribution in [0.2, 0.25) is 0 Å². The molecule has 338 valence electrons. The summed E-state index contributed by atoms with van der Waals surface area (Å²) in [6, 6.07) is 40.7. The molecule has 0 fully saturated rings. The van der Waals surface area contributed by atoms with Gasteiger partial charge in [-0.1, -0.05) is 54.6 Å². The van der Waals surface area contributed by atoms with Crippen molar-refractivity contribution in [3.8, 4) is 69.0 Å². The van der Waals surface area contributed by atoms with Gasteiger partial charge in [-0.3, -0.25) is 0 Å². The van der Waals surface area contributed by atoms with E-state index in [9.17, 15) is 46.0 Å². The van der Waals surface area contributed by atoms with Crippen molar-refractivity contribution in [2.75, 3.05) is 0 Å². The van der Waals surface area contributed by atoms with E-state index in [1.807, 2.05) is 30.4 Å². The normalized spacial score (nSPS) is 20.0. The second-order valence-electron chi connectivity index (χ2n) is 17.4. The lowest BCUT2D eigenvalue weighted by atomic mass is 9.76. The van der Waals surface area contributed by atoms with E-state index < -0.39 is 36.1 Å². The van der Waals surface area contributed by atoms with Crippen LogP contribution in [-0.4, -0.2) is 46.0 Å². The van der Waals surface area contributed by atoms with Gasteiger partial charge < -0.3 is 60.2 Å². The molecule has 0 saturated carbocycles. The first-order valence-electron chi connectivity index (χ1n) is 21.8. The molecule has 8 aromatic carbocycles. The first kappa shape index (κ1) is 41.8. The van der Waals surface area contributed by atoms with Crippen LogP contribution in [0.5, 0.6) is 69.0 Å². The summed E-state index contributed by atoms with van der Waals surface area (Å²) < 4.78 is 20.0. The molecule has 12 nitrogen and oxygen atoms in total. The average Bonchev–Trinajstić information content (AvgIpc) is 4.00. The van der Waals surface area contributed by atoms with Gasteiger partial charge in [0.2, 0.25) is 0 Å². The number of benzene rings is 8. The molecule has 3 aliphatic rings. The zero-order chi connectivity index (χ0) is 47.0. The molecule has 0 bridgehead atoms. The van der Waals surface area contributed by atoms with Crippen molar-refractivity contribution < 1.29 is 60.2 Å². The topological polar surface area (TPSA) is 210 Å².